The van der Waals surface area contributed by atoms with Crippen LogP contribution in [0.1, 0.15) is 13.3 Å². The van der Waals surface area contributed by atoms with Gasteiger partial charge in [-0.3, -0.25) is 0 Å². The molecule has 0 bridgehead atoms. The maximum absolute atomic E-state index is 8.65. The van der Waals surface area contributed by atoms with Crippen molar-refractivity contribution < 1.29 is 5.11 Å². The van der Waals surface area contributed by atoms with Crippen LogP contribution in [0, 0.1) is 0 Å². The van der Waals surface area contributed by atoms with E-state index < -0.39 is 0 Å². The molecule has 0 radical (unpaired) electrons. The first-order valence-electron chi connectivity index (χ1n) is 4.19. The number of nitrogens with zero attached hydrogens (tertiary/aromatic N) is 4. The van der Waals surface area contributed by atoms with E-state index in [1.807, 2.05) is 6.92 Å². The molecule has 0 aliphatic rings. The Hall–Kier alpha value is -0.770. The third-order valence-corrected chi connectivity index (χ3v) is 1.66. The van der Waals surface area contributed by atoms with Crippen molar-refractivity contribution in [1.29, 1.82) is 0 Å². The molecule has 0 unspecified atom stereocenters. The fourth-order valence-electron chi connectivity index (χ4n) is 0.979. The maximum Gasteiger partial charge on any atom is 0.0558 e. The summed E-state index contributed by atoms with van der Waals surface area (Å²) in [4.78, 5) is 4.78. The first kappa shape index (κ1) is 11.2. The Morgan fingerprint density at radius 1 is 1.50 bits per heavy atom. The molecule has 0 fully saturated rings. The molecule has 0 saturated carbocycles. The highest BCUT2D eigenvalue weighted by Crippen LogP contribution is 1.91. The van der Waals surface area contributed by atoms with Crippen molar-refractivity contribution in [2.45, 2.75) is 13.3 Å². The lowest BCUT2D eigenvalue weighted by atomic mass is 10.4. The van der Waals surface area contributed by atoms with Crippen molar-refractivity contribution in [3.8, 4) is 0 Å². The minimum Gasteiger partial charge on any atom is -0.395 e. The molecule has 0 atom stereocenters. The summed E-state index contributed by atoms with van der Waals surface area (Å²) >= 11 is 0. The molecule has 5 heteroatoms. The molecule has 0 amide bonds. The van der Waals surface area contributed by atoms with Crippen molar-refractivity contribution in [2.24, 2.45) is 5.11 Å². The van der Waals surface area contributed by atoms with E-state index in [0.717, 1.165) is 19.5 Å². The Morgan fingerprint density at radius 3 is 2.75 bits per heavy atom. The summed E-state index contributed by atoms with van der Waals surface area (Å²) in [6.45, 7) is 5.29. The number of rotatable bonds is 7. The van der Waals surface area contributed by atoms with Gasteiger partial charge in [0.25, 0.3) is 0 Å². The van der Waals surface area contributed by atoms with Crippen LogP contribution in [0.2, 0.25) is 0 Å². The second-order valence-corrected chi connectivity index (χ2v) is 2.47. The normalized spacial score (nSPS) is 9.92. The van der Waals surface area contributed by atoms with E-state index in [4.69, 9.17) is 10.6 Å². The Bertz CT molecular complexity index is 144. The fourth-order valence-corrected chi connectivity index (χ4v) is 0.979. The van der Waals surface area contributed by atoms with Crippen molar-refractivity contribution in [3.63, 3.8) is 0 Å². The van der Waals surface area contributed by atoms with E-state index in [0.29, 0.717) is 13.1 Å². The molecule has 0 aromatic heterocycles. The third-order valence-electron chi connectivity index (χ3n) is 1.66. The molecule has 0 spiro atoms. The highest BCUT2D eigenvalue weighted by molar-refractivity contribution is 4.56. The molecule has 0 aliphatic heterocycles. The van der Waals surface area contributed by atoms with Crippen LogP contribution in [-0.4, -0.2) is 42.8 Å². The lowest BCUT2D eigenvalue weighted by Gasteiger charge is -2.17. The second kappa shape index (κ2) is 8.33. The summed E-state index contributed by atoms with van der Waals surface area (Å²) in [5, 5.41) is 12.1. The van der Waals surface area contributed by atoms with Crippen LogP contribution in [0.3, 0.4) is 0 Å². The first-order chi connectivity index (χ1) is 5.85. The smallest absolute Gasteiger partial charge is 0.0558 e. The molecule has 70 valence electrons. The predicted octanol–water partition coefficient (Wildman–Crippen LogP) is 1.00. The number of azide groups is 1. The topological polar surface area (TPSA) is 72.2 Å². The van der Waals surface area contributed by atoms with E-state index in [-0.39, 0.29) is 6.61 Å². The Kier molecular flexibility index (Phi) is 7.79. The van der Waals surface area contributed by atoms with Gasteiger partial charge in [0, 0.05) is 18.0 Å². The van der Waals surface area contributed by atoms with Crippen molar-refractivity contribution in [2.75, 3.05) is 32.8 Å². The van der Waals surface area contributed by atoms with Crippen LogP contribution < -0.4 is 0 Å². The van der Waals surface area contributed by atoms with Crippen LogP contribution in [0.15, 0.2) is 5.11 Å². The zero-order chi connectivity index (χ0) is 9.23. The molecular weight excluding hydrogens is 156 g/mol. The second-order valence-electron chi connectivity index (χ2n) is 2.47. The van der Waals surface area contributed by atoms with E-state index >= 15 is 0 Å². The third kappa shape index (κ3) is 5.97. The van der Waals surface area contributed by atoms with Gasteiger partial charge in [0.05, 0.1) is 6.61 Å². The molecule has 1 N–H and O–H groups in total. The van der Waals surface area contributed by atoms with Gasteiger partial charge < -0.3 is 10.0 Å². The van der Waals surface area contributed by atoms with Crippen molar-refractivity contribution in [1.82, 2.24) is 4.90 Å². The lowest BCUT2D eigenvalue weighted by molar-refractivity contribution is 0.201. The molecule has 0 aromatic carbocycles. The summed E-state index contributed by atoms with van der Waals surface area (Å²) in [6.07, 6.45) is 0.859. The van der Waals surface area contributed by atoms with Gasteiger partial charge >= 0.3 is 0 Å². The van der Waals surface area contributed by atoms with Gasteiger partial charge in [-0.05, 0) is 25.0 Å². The molecule has 0 aliphatic carbocycles. The maximum atomic E-state index is 8.65. The summed E-state index contributed by atoms with van der Waals surface area (Å²) in [7, 11) is 0. The minimum absolute atomic E-state index is 0.190. The molecule has 0 heterocycles. The van der Waals surface area contributed by atoms with Gasteiger partial charge in [0.1, 0.15) is 0 Å². The number of likely N-dealkylation sites (N-methyl/N-ethyl adjacent to an activating group) is 1. The predicted molar refractivity (Wildman–Crippen MR) is 47.8 cm³/mol. The van der Waals surface area contributed by atoms with Crippen LogP contribution in [0.25, 0.3) is 10.4 Å². The Balaban J connectivity index is 3.36. The number of hydrogen-bond acceptors (Lipinski definition) is 3. The van der Waals surface area contributed by atoms with Crippen molar-refractivity contribution >= 4 is 0 Å². The molecule has 0 rings (SSSR count). The van der Waals surface area contributed by atoms with Gasteiger partial charge in [-0.25, -0.2) is 0 Å². The average Bonchev–Trinajstić information content (AvgIpc) is 2.10. The standard InChI is InChI=1S/C7H16N4O/c1-2-11(6-7-12)5-3-4-9-10-8/h12H,2-7H2,1H3. The molecule has 12 heavy (non-hydrogen) atoms. The molecular formula is C7H16N4O. The van der Waals surface area contributed by atoms with Crippen LogP contribution in [0.5, 0.6) is 0 Å². The SMILES string of the molecule is CCN(CCO)CCCN=[N+]=[N-]. The fraction of sp³-hybridized carbons (Fsp3) is 1.00. The molecule has 0 aromatic rings. The number of hydrogen-bond donors (Lipinski definition) is 1. The summed E-state index contributed by atoms with van der Waals surface area (Å²) in [5.74, 6) is 0. The zero-order valence-corrected chi connectivity index (χ0v) is 7.48. The van der Waals surface area contributed by atoms with Gasteiger partial charge in [-0.15, -0.1) is 0 Å². The van der Waals surface area contributed by atoms with Gasteiger partial charge in [0.15, 0.2) is 0 Å². The van der Waals surface area contributed by atoms with Gasteiger partial charge in [0.2, 0.25) is 0 Å². The number of aliphatic hydroxyl groups is 1. The van der Waals surface area contributed by atoms with Gasteiger partial charge in [-0.2, -0.15) is 0 Å². The lowest BCUT2D eigenvalue weighted by Crippen LogP contribution is -2.28. The quantitative estimate of drug-likeness (QED) is 0.269. The largest absolute Gasteiger partial charge is 0.395 e. The van der Waals surface area contributed by atoms with Gasteiger partial charge in [-0.1, -0.05) is 12.0 Å². The zero-order valence-electron chi connectivity index (χ0n) is 7.48. The number of aliphatic hydroxyl groups excluding tert-OH is 1. The minimum atomic E-state index is 0.190. The van der Waals surface area contributed by atoms with Crippen molar-refractivity contribution in [3.05, 3.63) is 10.4 Å². The summed E-state index contributed by atoms with van der Waals surface area (Å²) < 4.78 is 0. The highest BCUT2D eigenvalue weighted by atomic mass is 16.3. The van der Waals surface area contributed by atoms with Crippen LogP contribution >= 0.6 is 0 Å². The summed E-state index contributed by atoms with van der Waals surface area (Å²) in [6, 6.07) is 0. The first-order valence-corrected chi connectivity index (χ1v) is 4.19. The molecule has 0 saturated heterocycles. The van der Waals surface area contributed by atoms with Crippen LogP contribution in [0.4, 0.5) is 0 Å². The Morgan fingerprint density at radius 2 is 2.25 bits per heavy atom. The van der Waals surface area contributed by atoms with E-state index in [9.17, 15) is 0 Å². The monoisotopic (exact) mass is 172 g/mol. The molecule has 5 nitrogen and oxygen atoms in total. The van der Waals surface area contributed by atoms with E-state index in [1.54, 1.807) is 0 Å². The summed E-state index contributed by atoms with van der Waals surface area (Å²) in [5.41, 5.74) is 8.00. The average molecular weight is 172 g/mol. The van der Waals surface area contributed by atoms with E-state index in [1.165, 1.54) is 0 Å². The van der Waals surface area contributed by atoms with Crippen LogP contribution in [-0.2, 0) is 0 Å². The highest BCUT2D eigenvalue weighted by Gasteiger charge is 1.98. The Labute approximate surface area is 72.6 Å². The van der Waals surface area contributed by atoms with E-state index in [2.05, 4.69) is 14.9 Å².